The van der Waals surface area contributed by atoms with Crippen molar-refractivity contribution in [3.63, 3.8) is 0 Å². The Morgan fingerprint density at radius 3 is 2.58 bits per heavy atom. The highest BCUT2D eigenvalue weighted by atomic mass is 16.5. The van der Waals surface area contributed by atoms with E-state index >= 15 is 0 Å². The van der Waals surface area contributed by atoms with E-state index in [1.54, 1.807) is 14.0 Å². The summed E-state index contributed by atoms with van der Waals surface area (Å²) in [4.78, 5) is 11.6. The molecule has 0 aromatic rings. The first-order chi connectivity index (χ1) is 9.06. The molecule has 0 aliphatic heterocycles. The van der Waals surface area contributed by atoms with E-state index < -0.39 is 0 Å². The lowest BCUT2D eigenvalue weighted by Gasteiger charge is -2.11. The molecule has 0 saturated heterocycles. The van der Waals surface area contributed by atoms with Gasteiger partial charge in [0.25, 0.3) is 0 Å². The quantitative estimate of drug-likeness (QED) is 0.473. The number of carbonyl (C=O) groups is 1. The molecule has 19 heavy (non-hydrogen) atoms. The largest absolute Gasteiger partial charge is 0.466 e. The standard InChI is InChI=1S/C16H24O3/c1-5-19-16(17)10-15(13(3)11-18-4)9-12(2)8-14-6-7-14/h9,14H,2-3,5-8,10-11H2,1,4H3/b15-9-. The number of ether oxygens (including phenoxy) is 2. The van der Waals surface area contributed by atoms with Crippen molar-refractivity contribution < 1.29 is 14.3 Å². The average molecular weight is 264 g/mol. The lowest BCUT2D eigenvalue weighted by molar-refractivity contribution is -0.142. The molecule has 0 atom stereocenters. The molecule has 1 aliphatic rings. The zero-order chi connectivity index (χ0) is 14.3. The van der Waals surface area contributed by atoms with Gasteiger partial charge in [-0.25, -0.2) is 0 Å². The van der Waals surface area contributed by atoms with Crippen molar-refractivity contribution in [2.24, 2.45) is 5.92 Å². The van der Waals surface area contributed by atoms with Crippen LogP contribution in [0.2, 0.25) is 0 Å². The lowest BCUT2D eigenvalue weighted by atomic mass is 10.00. The van der Waals surface area contributed by atoms with Gasteiger partial charge in [0.1, 0.15) is 0 Å². The minimum Gasteiger partial charge on any atom is -0.466 e. The van der Waals surface area contributed by atoms with Crippen LogP contribution in [0.4, 0.5) is 0 Å². The molecule has 0 radical (unpaired) electrons. The van der Waals surface area contributed by atoms with Crippen LogP contribution in [0.1, 0.15) is 32.6 Å². The van der Waals surface area contributed by atoms with Crippen LogP contribution in [0.25, 0.3) is 0 Å². The van der Waals surface area contributed by atoms with Gasteiger partial charge in [-0.2, -0.15) is 0 Å². The second-order valence-electron chi connectivity index (χ2n) is 4.99. The van der Waals surface area contributed by atoms with Gasteiger partial charge in [-0.1, -0.05) is 24.8 Å². The van der Waals surface area contributed by atoms with E-state index in [2.05, 4.69) is 13.2 Å². The van der Waals surface area contributed by atoms with Gasteiger partial charge in [0.05, 0.1) is 19.6 Å². The third kappa shape index (κ3) is 6.39. The van der Waals surface area contributed by atoms with Crippen molar-refractivity contribution in [3.8, 4) is 0 Å². The molecular weight excluding hydrogens is 240 g/mol. The normalized spacial score (nSPS) is 15.2. The van der Waals surface area contributed by atoms with Crippen LogP contribution in [0.5, 0.6) is 0 Å². The zero-order valence-electron chi connectivity index (χ0n) is 12.0. The molecule has 1 saturated carbocycles. The highest BCUT2D eigenvalue weighted by molar-refractivity contribution is 5.74. The molecule has 1 aliphatic carbocycles. The van der Waals surface area contributed by atoms with Gasteiger partial charge in [-0.05, 0) is 43.3 Å². The predicted octanol–water partition coefficient (Wildman–Crippen LogP) is 3.42. The topological polar surface area (TPSA) is 35.5 Å². The van der Waals surface area contributed by atoms with E-state index in [4.69, 9.17) is 9.47 Å². The van der Waals surface area contributed by atoms with Crippen LogP contribution in [-0.4, -0.2) is 26.3 Å². The van der Waals surface area contributed by atoms with E-state index in [1.165, 1.54) is 12.8 Å². The van der Waals surface area contributed by atoms with E-state index in [-0.39, 0.29) is 12.4 Å². The van der Waals surface area contributed by atoms with E-state index in [1.807, 2.05) is 6.08 Å². The first-order valence-corrected chi connectivity index (χ1v) is 6.77. The smallest absolute Gasteiger partial charge is 0.310 e. The summed E-state index contributed by atoms with van der Waals surface area (Å²) in [6.45, 7) is 10.6. The second kappa shape index (κ2) is 7.95. The van der Waals surface area contributed by atoms with Crippen LogP contribution >= 0.6 is 0 Å². The van der Waals surface area contributed by atoms with Gasteiger partial charge in [0.2, 0.25) is 0 Å². The molecule has 0 unspecified atom stereocenters. The summed E-state index contributed by atoms with van der Waals surface area (Å²) in [5.41, 5.74) is 2.73. The van der Waals surface area contributed by atoms with E-state index in [9.17, 15) is 4.79 Å². The molecule has 1 rings (SSSR count). The Hall–Kier alpha value is -1.35. The molecule has 0 N–H and O–H groups in total. The van der Waals surface area contributed by atoms with E-state index in [0.29, 0.717) is 13.2 Å². The zero-order valence-corrected chi connectivity index (χ0v) is 12.0. The van der Waals surface area contributed by atoms with Crippen LogP contribution in [-0.2, 0) is 14.3 Å². The Morgan fingerprint density at radius 1 is 1.37 bits per heavy atom. The first kappa shape index (κ1) is 15.7. The van der Waals surface area contributed by atoms with Crippen LogP contribution in [0.15, 0.2) is 36.0 Å². The first-order valence-electron chi connectivity index (χ1n) is 6.77. The summed E-state index contributed by atoms with van der Waals surface area (Å²) < 4.78 is 10.1. The number of rotatable bonds is 9. The Labute approximate surface area is 116 Å². The molecule has 3 nitrogen and oxygen atoms in total. The van der Waals surface area contributed by atoms with Crippen molar-refractivity contribution in [2.45, 2.75) is 32.6 Å². The Morgan fingerprint density at radius 2 is 2.05 bits per heavy atom. The molecule has 0 amide bonds. The van der Waals surface area contributed by atoms with Crippen LogP contribution < -0.4 is 0 Å². The van der Waals surface area contributed by atoms with Crippen LogP contribution in [0, 0.1) is 5.92 Å². The maximum atomic E-state index is 11.6. The second-order valence-corrected chi connectivity index (χ2v) is 4.99. The molecule has 0 heterocycles. The number of hydrogen-bond donors (Lipinski definition) is 0. The molecule has 0 bridgehead atoms. The monoisotopic (exact) mass is 264 g/mol. The van der Waals surface area contributed by atoms with Crippen molar-refractivity contribution in [1.29, 1.82) is 0 Å². The third-order valence-electron chi connectivity index (χ3n) is 3.04. The van der Waals surface area contributed by atoms with Crippen molar-refractivity contribution in [3.05, 3.63) is 36.0 Å². The molecule has 3 heteroatoms. The SMILES string of the molecule is C=C(/C=C(/CC(=O)OCC)C(=C)COC)CC1CC1. The summed E-state index contributed by atoms with van der Waals surface area (Å²) in [7, 11) is 1.62. The number of allylic oxidation sites excluding steroid dienone is 2. The fourth-order valence-corrected chi connectivity index (χ4v) is 1.91. The highest BCUT2D eigenvalue weighted by Gasteiger charge is 2.21. The van der Waals surface area contributed by atoms with Crippen molar-refractivity contribution in [1.82, 2.24) is 0 Å². The summed E-state index contributed by atoms with van der Waals surface area (Å²) in [5.74, 6) is 0.550. The van der Waals surface area contributed by atoms with E-state index in [0.717, 1.165) is 29.1 Å². The summed E-state index contributed by atoms with van der Waals surface area (Å²) >= 11 is 0. The number of methoxy groups -OCH3 is 1. The fraction of sp³-hybridized carbons (Fsp3) is 0.562. The predicted molar refractivity (Wildman–Crippen MR) is 76.8 cm³/mol. The highest BCUT2D eigenvalue weighted by Crippen LogP contribution is 2.35. The molecule has 1 fully saturated rings. The average Bonchev–Trinajstić information content (AvgIpc) is 3.12. The third-order valence-corrected chi connectivity index (χ3v) is 3.04. The van der Waals surface area contributed by atoms with Gasteiger partial charge in [0, 0.05) is 7.11 Å². The Balaban J connectivity index is 2.65. The van der Waals surface area contributed by atoms with Crippen molar-refractivity contribution in [2.75, 3.05) is 20.3 Å². The maximum absolute atomic E-state index is 11.6. The maximum Gasteiger partial charge on any atom is 0.310 e. The van der Waals surface area contributed by atoms with Gasteiger partial charge in [-0.15, -0.1) is 0 Å². The fourth-order valence-electron chi connectivity index (χ4n) is 1.91. The molecular formula is C16H24O3. The van der Waals surface area contributed by atoms with Gasteiger partial charge < -0.3 is 9.47 Å². The number of hydrogen-bond acceptors (Lipinski definition) is 3. The van der Waals surface area contributed by atoms with Crippen LogP contribution in [0.3, 0.4) is 0 Å². The van der Waals surface area contributed by atoms with Gasteiger partial charge in [-0.3, -0.25) is 4.79 Å². The molecule has 0 spiro atoms. The summed E-state index contributed by atoms with van der Waals surface area (Å²) in [6.07, 6.45) is 5.79. The summed E-state index contributed by atoms with van der Waals surface area (Å²) in [6, 6.07) is 0. The Bertz CT molecular complexity index is 375. The molecule has 106 valence electrons. The van der Waals surface area contributed by atoms with Gasteiger partial charge in [0.15, 0.2) is 0 Å². The van der Waals surface area contributed by atoms with Crippen molar-refractivity contribution >= 4 is 5.97 Å². The molecule has 0 aromatic heterocycles. The minimum absolute atomic E-state index is 0.231. The Kier molecular flexibility index (Phi) is 6.57. The number of esters is 1. The number of carbonyl (C=O) groups excluding carboxylic acids is 1. The van der Waals surface area contributed by atoms with Gasteiger partial charge >= 0.3 is 5.97 Å². The lowest BCUT2D eigenvalue weighted by Crippen LogP contribution is -2.08. The summed E-state index contributed by atoms with van der Waals surface area (Å²) in [5, 5.41) is 0. The minimum atomic E-state index is -0.231. The molecule has 0 aromatic carbocycles.